The van der Waals surface area contributed by atoms with E-state index in [1.165, 1.54) is 6.42 Å². The Hall–Kier alpha value is -1.63. The molecule has 4 heteroatoms. The lowest BCUT2D eigenvalue weighted by molar-refractivity contribution is -0.480. The molecule has 0 aliphatic rings. The third kappa shape index (κ3) is 18.4. The summed E-state index contributed by atoms with van der Waals surface area (Å²) >= 11 is 0. The number of nitro groups is 1. The number of hydrogen-bond acceptors (Lipinski definition) is 3. The van der Waals surface area contributed by atoms with Gasteiger partial charge in [0, 0.05) is 30.6 Å². The summed E-state index contributed by atoms with van der Waals surface area (Å²) in [5.41, 5.74) is 0. The Bertz CT molecular complexity index is 366. The van der Waals surface area contributed by atoms with Gasteiger partial charge in [-0.05, 0) is 32.1 Å². The van der Waals surface area contributed by atoms with Crippen molar-refractivity contribution in [2.45, 2.75) is 77.0 Å². The average molecular weight is 307 g/mol. The van der Waals surface area contributed by atoms with E-state index in [0.717, 1.165) is 64.1 Å². The molecule has 0 fully saturated rings. The van der Waals surface area contributed by atoms with Gasteiger partial charge in [-0.2, -0.15) is 0 Å². The summed E-state index contributed by atoms with van der Waals surface area (Å²) in [6.45, 7) is 0.107. The highest BCUT2D eigenvalue weighted by molar-refractivity contribution is 5.48. The second-order valence-electron chi connectivity index (χ2n) is 5.41. The van der Waals surface area contributed by atoms with E-state index in [1.54, 1.807) is 0 Å². The van der Waals surface area contributed by atoms with Crippen LogP contribution in [0.5, 0.6) is 0 Å². The molecule has 0 aromatic heterocycles. The van der Waals surface area contributed by atoms with Crippen LogP contribution in [0.2, 0.25) is 0 Å². The topological polar surface area (TPSA) is 60.2 Å². The van der Waals surface area contributed by atoms with Crippen molar-refractivity contribution in [3.05, 3.63) is 22.3 Å². The molecular weight excluding hydrogens is 278 g/mol. The second kappa shape index (κ2) is 17.4. The van der Waals surface area contributed by atoms with Gasteiger partial charge in [-0.3, -0.25) is 10.1 Å². The van der Waals surface area contributed by atoms with Crippen LogP contribution < -0.4 is 0 Å². The lowest BCUT2D eigenvalue weighted by Gasteiger charge is -1.97. The van der Waals surface area contributed by atoms with Gasteiger partial charge in [-0.25, -0.2) is 0 Å². The van der Waals surface area contributed by atoms with E-state index in [-0.39, 0.29) is 11.5 Å². The Balaban J connectivity index is 3.23. The van der Waals surface area contributed by atoms with Crippen molar-refractivity contribution in [2.75, 3.05) is 6.54 Å². The van der Waals surface area contributed by atoms with E-state index in [2.05, 4.69) is 24.0 Å². The fourth-order valence-corrected chi connectivity index (χ4v) is 2.07. The third-order valence-corrected chi connectivity index (χ3v) is 3.35. The first kappa shape index (κ1) is 20.4. The van der Waals surface area contributed by atoms with E-state index < -0.39 is 0 Å². The zero-order valence-corrected chi connectivity index (χ0v) is 13.6. The number of nitrogens with zero attached hydrogens (tertiary/aromatic N) is 1. The molecule has 0 heterocycles. The predicted octanol–water partition coefficient (Wildman–Crippen LogP) is 4.70. The van der Waals surface area contributed by atoms with Gasteiger partial charge in [-0.15, -0.1) is 5.92 Å². The van der Waals surface area contributed by atoms with Crippen molar-refractivity contribution < 1.29 is 9.72 Å². The standard InChI is InChI=1S/C18H29NO3/c20-18-16-14-12-10-8-6-4-2-1-3-5-7-9-11-13-15-17-19(21)22/h6,8,18H,3-5,7,9-17H2. The molecule has 0 spiro atoms. The summed E-state index contributed by atoms with van der Waals surface area (Å²) in [5, 5.41) is 10.1. The first-order valence-corrected chi connectivity index (χ1v) is 8.43. The van der Waals surface area contributed by atoms with E-state index in [4.69, 9.17) is 0 Å². The van der Waals surface area contributed by atoms with Gasteiger partial charge < -0.3 is 4.79 Å². The summed E-state index contributed by atoms with van der Waals surface area (Å²) in [4.78, 5) is 20.0. The Labute approximate surface area is 134 Å². The minimum Gasteiger partial charge on any atom is -0.303 e. The molecule has 0 saturated heterocycles. The van der Waals surface area contributed by atoms with Crippen LogP contribution in [0.4, 0.5) is 0 Å². The van der Waals surface area contributed by atoms with Gasteiger partial charge in [0.15, 0.2) is 0 Å². The Morgan fingerprint density at radius 2 is 1.50 bits per heavy atom. The maximum Gasteiger partial charge on any atom is 0.203 e. The molecule has 0 bridgehead atoms. The Kier molecular flexibility index (Phi) is 16.1. The van der Waals surface area contributed by atoms with Gasteiger partial charge in [0.25, 0.3) is 0 Å². The van der Waals surface area contributed by atoms with Crippen LogP contribution in [0.15, 0.2) is 12.2 Å². The monoisotopic (exact) mass is 307 g/mol. The maximum atomic E-state index is 10.1. The smallest absolute Gasteiger partial charge is 0.203 e. The molecule has 0 aromatic rings. The Morgan fingerprint density at radius 3 is 2.23 bits per heavy atom. The highest BCUT2D eigenvalue weighted by atomic mass is 16.6. The molecule has 0 saturated carbocycles. The van der Waals surface area contributed by atoms with Crippen LogP contribution in [0.3, 0.4) is 0 Å². The predicted molar refractivity (Wildman–Crippen MR) is 90.2 cm³/mol. The first-order chi connectivity index (χ1) is 10.8. The Morgan fingerprint density at radius 1 is 0.818 bits per heavy atom. The summed E-state index contributed by atoms with van der Waals surface area (Å²) in [6, 6.07) is 0. The number of hydrogen-bond donors (Lipinski definition) is 0. The van der Waals surface area contributed by atoms with Crippen LogP contribution in [-0.2, 0) is 4.79 Å². The third-order valence-electron chi connectivity index (χ3n) is 3.35. The summed E-state index contributed by atoms with van der Waals surface area (Å²) < 4.78 is 0. The molecule has 0 aliphatic heterocycles. The lowest BCUT2D eigenvalue weighted by Crippen LogP contribution is -1.99. The molecule has 0 atom stereocenters. The van der Waals surface area contributed by atoms with Crippen LogP contribution in [0, 0.1) is 22.0 Å². The van der Waals surface area contributed by atoms with Gasteiger partial charge >= 0.3 is 0 Å². The molecule has 124 valence electrons. The molecule has 0 radical (unpaired) electrons. The zero-order valence-electron chi connectivity index (χ0n) is 13.6. The maximum absolute atomic E-state index is 10.1. The number of allylic oxidation sites excluding steroid dienone is 2. The van der Waals surface area contributed by atoms with Crippen molar-refractivity contribution in [2.24, 2.45) is 0 Å². The molecule has 22 heavy (non-hydrogen) atoms. The van der Waals surface area contributed by atoms with Gasteiger partial charge in [0.1, 0.15) is 6.29 Å². The molecule has 4 nitrogen and oxygen atoms in total. The molecule has 0 rings (SSSR count). The molecule has 0 aromatic carbocycles. The average Bonchev–Trinajstić information content (AvgIpc) is 2.50. The van der Waals surface area contributed by atoms with Crippen LogP contribution in [0.25, 0.3) is 0 Å². The number of carbonyl (C=O) groups excluding carboxylic acids is 1. The molecule has 0 unspecified atom stereocenters. The molecule has 0 aliphatic carbocycles. The number of rotatable bonds is 14. The molecule has 0 N–H and O–H groups in total. The van der Waals surface area contributed by atoms with Crippen LogP contribution in [-0.4, -0.2) is 17.8 Å². The summed E-state index contributed by atoms with van der Waals surface area (Å²) in [6.07, 6.45) is 16.9. The fraction of sp³-hybridized carbons (Fsp3) is 0.722. The molecular formula is C18H29NO3. The SMILES string of the molecule is O=CCCCCC=CCC#CCCCCCCCC[N+](=O)[O-]. The quantitative estimate of drug-likeness (QED) is 0.117. The second-order valence-corrected chi connectivity index (χ2v) is 5.41. The van der Waals surface area contributed by atoms with Gasteiger partial charge in [0.05, 0.1) is 0 Å². The van der Waals surface area contributed by atoms with Gasteiger partial charge in [0.2, 0.25) is 6.54 Å². The summed E-state index contributed by atoms with van der Waals surface area (Å²) in [5.74, 6) is 6.32. The van der Waals surface area contributed by atoms with Crippen LogP contribution in [0.1, 0.15) is 77.0 Å². The number of aldehydes is 1. The van der Waals surface area contributed by atoms with Crippen LogP contribution >= 0.6 is 0 Å². The summed E-state index contributed by atoms with van der Waals surface area (Å²) in [7, 11) is 0. The normalized spacial score (nSPS) is 10.4. The lowest BCUT2D eigenvalue weighted by atomic mass is 10.1. The highest BCUT2D eigenvalue weighted by Gasteiger charge is 1.96. The van der Waals surface area contributed by atoms with E-state index in [0.29, 0.717) is 12.8 Å². The highest BCUT2D eigenvalue weighted by Crippen LogP contribution is 2.06. The van der Waals surface area contributed by atoms with Gasteiger partial charge in [-0.1, -0.05) is 37.3 Å². The van der Waals surface area contributed by atoms with E-state index >= 15 is 0 Å². The minimum atomic E-state index is -0.241. The van der Waals surface area contributed by atoms with Crippen molar-refractivity contribution in [1.29, 1.82) is 0 Å². The minimum absolute atomic E-state index is 0.107. The fourth-order valence-electron chi connectivity index (χ4n) is 2.07. The van der Waals surface area contributed by atoms with Crippen molar-refractivity contribution in [1.82, 2.24) is 0 Å². The number of carbonyl (C=O) groups is 1. The zero-order chi connectivity index (χ0) is 16.3. The van der Waals surface area contributed by atoms with Crippen molar-refractivity contribution in [3.8, 4) is 11.8 Å². The number of unbranched alkanes of at least 4 members (excludes halogenated alkanes) is 9. The first-order valence-electron chi connectivity index (χ1n) is 8.43. The van der Waals surface area contributed by atoms with E-state index in [9.17, 15) is 14.9 Å². The van der Waals surface area contributed by atoms with E-state index in [1.807, 2.05) is 0 Å². The van der Waals surface area contributed by atoms with Crippen molar-refractivity contribution >= 4 is 6.29 Å². The largest absolute Gasteiger partial charge is 0.303 e. The van der Waals surface area contributed by atoms with Crippen molar-refractivity contribution in [3.63, 3.8) is 0 Å². The molecule has 0 amide bonds.